The van der Waals surface area contributed by atoms with Crippen LogP contribution in [-0.4, -0.2) is 62.3 Å². The van der Waals surface area contributed by atoms with Gasteiger partial charge in [0.25, 0.3) is 5.91 Å². The van der Waals surface area contributed by atoms with Gasteiger partial charge in [-0.2, -0.15) is 0 Å². The number of imide groups is 1. The van der Waals surface area contributed by atoms with Crippen LogP contribution in [0, 0.1) is 0 Å². The number of hydrogen-bond donors (Lipinski definition) is 4. The van der Waals surface area contributed by atoms with Crippen LogP contribution in [0.2, 0.25) is 0 Å². The van der Waals surface area contributed by atoms with Gasteiger partial charge in [0, 0.05) is 0 Å². The van der Waals surface area contributed by atoms with Crippen molar-refractivity contribution in [2.45, 2.75) is 24.5 Å². The van der Waals surface area contributed by atoms with Crippen LogP contribution < -0.4 is 5.32 Å². The van der Waals surface area contributed by atoms with Gasteiger partial charge in [-0.3, -0.25) is 8.68 Å². The molecule has 2 heterocycles. The fourth-order valence-corrected chi connectivity index (χ4v) is 2.16. The van der Waals surface area contributed by atoms with Gasteiger partial charge >= 0.3 is 6.03 Å². The molecule has 0 bridgehead atoms. The van der Waals surface area contributed by atoms with E-state index in [0.717, 1.165) is 12.3 Å². The summed E-state index contributed by atoms with van der Waals surface area (Å²) < 4.78 is 4.23. The van der Waals surface area contributed by atoms with Crippen molar-refractivity contribution in [1.29, 1.82) is 0 Å². The summed E-state index contributed by atoms with van der Waals surface area (Å²) in [7, 11) is 0. The molecule has 9 heteroatoms. The van der Waals surface area contributed by atoms with E-state index in [0.29, 0.717) is 0 Å². The molecule has 3 amide bonds. The lowest BCUT2D eigenvalue weighted by Crippen LogP contribution is -2.62. The Morgan fingerprint density at radius 1 is 1.39 bits per heavy atom. The van der Waals surface area contributed by atoms with Gasteiger partial charge in [0.2, 0.25) is 6.23 Å². The van der Waals surface area contributed by atoms with Gasteiger partial charge in [0.1, 0.15) is 12.2 Å². The number of carbonyl (C=O) groups is 2. The molecule has 100 valence electrons. The van der Waals surface area contributed by atoms with Crippen molar-refractivity contribution in [3.8, 4) is 0 Å². The van der Waals surface area contributed by atoms with Gasteiger partial charge in [0.15, 0.2) is 6.10 Å². The first-order chi connectivity index (χ1) is 8.40. The lowest BCUT2D eigenvalue weighted by atomic mass is 10.1. The predicted molar refractivity (Wildman–Crippen MR) is 58.1 cm³/mol. The maximum absolute atomic E-state index is 11.7. The lowest BCUT2D eigenvalue weighted by Gasteiger charge is -2.43. The van der Waals surface area contributed by atoms with Crippen molar-refractivity contribution in [3.05, 3.63) is 12.3 Å². The monoisotopic (exact) mass is 276 g/mol. The number of aliphatic hydroxyl groups excluding tert-OH is 3. The van der Waals surface area contributed by atoms with Crippen LogP contribution in [0.15, 0.2) is 12.3 Å². The fourth-order valence-electron chi connectivity index (χ4n) is 1.88. The fraction of sp³-hybridized carbons (Fsp3) is 0.556. The Balaban J connectivity index is 2.29. The number of nitrogens with one attached hydrogen (secondary N) is 1. The average molecular weight is 276 g/mol. The highest BCUT2D eigenvalue weighted by atomic mass is 32.1. The van der Waals surface area contributed by atoms with E-state index in [1.54, 1.807) is 0 Å². The third-order valence-corrected chi connectivity index (χ3v) is 3.39. The molecule has 8 nitrogen and oxygen atoms in total. The molecule has 0 aromatic heterocycles. The first-order valence-corrected chi connectivity index (χ1v) is 5.53. The van der Waals surface area contributed by atoms with E-state index < -0.39 is 47.0 Å². The topological polar surface area (TPSA) is 116 Å². The highest BCUT2D eigenvalue weighted by molar-refractivity contribution is 7.52. The van der Waals surface area contributed by atoms with Gasteiger partial charge in [-0.1, -0.05) is 0 Å². The third kappa shape index (κ3) is 1.94. The van der Waals surface area contributed by atoms with Crippen molar-refractivity contribution in [3.63, 3.8) is 0 Å². The molecule has 0 spiro atoms. The van der Waals surface area contributed by atoms with Gasteiger partial charge in [-0.15, -0.1) is 0 Å². The molecule has 2 rings (SSSR count). The Morgan fingerprint density at radius 2 is 2.06 bits per heavy atom. The smallest absolute Gasteiger partial charge is 0.412 e. The molecule has 0 saturated carbocycles. The number of urea groups is 1. The molecule has 0 aromatic carbocycles. The van der Waals surface area contributed by atoms with Crippen molar-refractivity contribution in [2.75, 3.05) is 6.61 Å². The second kappa shape index (κ2) is 4.61. The molecule has 4 N–H and O–H groups in total. The third-order valence-electron chi connectivity index (χ3n) is 2.89. The summed E-state index contributed by atoms with van der Waals surface area (Å²) in [5.41, 5.74) is 0. The molecule has 18 heavy (non-hydrogen) atoms. The maximum Gasteiger partial charge on any atom is 0.412 e. The Bertz CT molecular complexity index is 416. The molecular formula is C9H12N2O6S. The summed E-state index contributed by atoms with van der Waals surface area (Å²) in [6.07, 6.45) is -2.95. The van der Waals surface area contributed by atoms with Crippen LogP contribution in [-0.2, 0) is 22.3 Å². The molecular weight excluding hydrogens is 264 g/mol. The lowest BCUT2D eigenvalue weighted by molar-refractivity contribution is -0.724. The average Bonchev–Trinajstić information content (AvgIpc) is 2.62. The number of rotatable bonds is 2. The summed E-state index contributed by atoms with van der Waals surface area (Å²) in [6.45, 7) is -0.520. The highest BCUT2D eigenvalue weighted by Gasteiger charge is 2.52. The number of ether oxygens (including phenoxy) is 1. The molecule has 0 aliphatic carbocycles. The van der Waals surface area contributed by atoms with E-state index in [1.165, 1.54) is 0 Å². The molecule has 1 saturated heterocycles. The quantitative estimate of drug-likeness (QED) is 0.324. The van der Waals surface area contributed by atoms with E-state index in [9.17, 15) is 19.8 Å². The maximum atomic E-state index is 11.7. The first kappa shape index (κ1) is 13.5. The van der Waals surface area contributed by atoms with E-state index in [2.05, 4.69) is 0 Å². The Morgan fingerprint density at radius 3 is 2.56 bits per heavy atom. The molecule has 0 aromatic rings. The number of nitrogens with zero attached hydrogens (tertiary/aromatic N) is 1. The number of carbonyl (C=O) groups excluding carboxylic acids is 2. The normalized spacial score (nSPS) is 44.2. The van der Waals surface area contributed by atoms with E-state index in [4.69, 9.17) is 22.7 Å². The zero-order valence-corrected chi connectivity index (χ0v) is 9.91. The Hall–Kier alpha value is -0.970. The Kier molecular flexibility index (Phi) is 3.45. The molecule has 1 unspecified atom stereocenters. The van der Waals surface area contributed by atoms with Crippen molar-refractivity contribution in [1.82, 2.24) is 5.32 Å². The molecule has 1 fully saturated rings. The summed E-state index contributed by atoms with van der Waals surface area (Å²) in [4.78, 5) is 22.7. The summed E-state index contributed by atoms with van der Waals surface area (Å²) in [5.74, 6) is -0.620. The minimum absolute atomic E-state index is 0.520. The summed E-state index contributed by atoms with van der Waals surface area (Å²) in [5, 5.41) is 30.3. The Labute approximate surface area is 108 Å². The summed E-state index contributed by atoms with van der Waals surface area (Å²) in [6, 6.07) is -0.854. The largest absolute Gasteiger partial charge is 0.475 e. The summed E-state index contributed by atoms with van der Waals surface area (Å²) >= 11 is 5.03. The molecule has 2 aliphatic rings. The van der Waals surface area contributed by atoms with Crippen LogP contribution in [0.25, 0.3) is 0 Å². The van der Waals surface area contributed by atoms with E-state index in [-0.39, 0.29) is 0 Å². The second-order valence-electron chi connectivity index (χ2n) is 4.05. The van der Waals surface area contributed by atoms with Crippen molar-refractivity contribution in [2.24, 2.45) is 0 Å². The van der Waals surface area contributed by atoms with Crippen LogP contribution in [0.4, 0.5) is 4.79 Å². The minimum Gasteiger partial charge on any atom is -0.475 e. The molecule has 0 radical (unpaired) electrons. The van der Waals surface area contributed by atoms with E-state index >= 15 is 0 Å². The van der Waals surface area contributed by atoms with Gasteiger partial charge in [-0.25, -0.2) is 10.1 Å². The predicted octanol–water partition coefficient (Wildman–Crippen LogP) is -2.53. The van der Waals surface area contributed by atoms with Crippen molar-refractivity contribution < 1.29 is 33.5 Å². The van der Waals surface area contributed by atoms with Crippen molar-refractivity contribution >= 4 is 24.8 Å². The van der Waals surface area contributed by atoms with Crippen LogP contribution in [0.1, 0.15) is 0 Å². The zero-order chi connectivity index (χ0) is 13.5. The number of hydrogen-bond acceptors (Lipinski definition) is 7. The van der Waals surface area contributed by atoms with Crippen LogP contribution >= 0.6 is 0 Å². The molecule has 2 aliphatic heterocycles. The zero-order valence-electron chi connectivity index (χ0n) is 9.09. The highest BCUT2D eigenvalue weighted by Crippen LogP contribution is 2.30. The number of amides is 3. The SMILES string of the molecule is O=C1C=C[N+]([S-])([C@@H]2O[C@H](CO)[C@@H](O)[C@H]2O)C(=O)N1. The van der Waals surface area contributed by atoms with Gasteiger partial charge < -0.3 is 32.9 Å². The van der Waals surface area contributed by atoms with Crippen LogP contribution in [0.3, 0.4) is 0 Å². The second-order valence-corrected chi connectivity index (χ2v) is 4.65. The van der Waals surface area contributed by atoms with Gasteiger partial charge in [0.05, 0.1) is 18.9 Å². The number of aliphatic hydroxyl groups is 3. The minimum atomic E-state index is -1.44. The number of quaternary nitrogens is 1. The van der Waals surface area contributed by atoms with Crippen LogP contribution in [0.5, 0.6) is 0 Å². The molecule has 5 atom stereocenters. The van der Waals surface area contributed by atoms with Gasteiger partial charge in [-0.05, 0) is 0 Å². The van der Waals surface area contributed by atoms with E-state index in [1.807, 2.05) is 5.32 Å². The first-order valence-electron chi connectivity index (χ1n) is 5.17. The standard InChI is InChI=1S/C9H12N2O6S/c12-3-4-6(14)7(15)8(17-4)11(18)2-1-5(13)10-9(11)16/h1-2,4,6-8,12,14-15H,3H2,(H,10,13,16)/t4-,6-,7-,8-,11?/m1/s1.